The number of likely N-dealkylation sites (tertiary alicyclic amines) is 1. The van der Waals surface area contributed by atoms with Crippen molar-refractivity contribution in [1.82, 2.24) is 4.90 Å². The maximum Gasteiger partial charge on any atom is 0.0175 e. The highest BCUT2D eigenvalue weighted by atomic mass is 35.5. The first-order valence-electron chi connectivity index (χ1n) is 4.04. The van der Waals surface area contributed by atoms with Gasteiger partial charge in [-0.3, -0.25) is 4.90 Å². The lowest BCUT2D eigenvalue weighted by Gasteiger charge is -2.38. The third kappa shape index (κ3) is 2.81. The van der Waals surface area contributed by atoms with Crippen LogP contribution in [0.4, 0.5) is 0 Å². The van der Waals surface area contributed by atoms with Crippen LogP contribution in [-0.4, -0.2) is 31.1 Å². The molecule has 0 radical (unpaired) electrons. The average Bonchev–Trinajstić information content (AvgIpc) is 1.94. The number of hydrogen-bond donors (Lipinski definition) is 1. The molecule has 0 amide bonds. The van der Waals surface area contributed by atoms with E-state index in [1.807, 2.05) is 6.08 Å². The zero-order valence-corrected chi connectivity index (χ0v) is 7.43. The van der Waals surface area contributed by atoms with Crippen molar-refractivity contribution in [2.75, 3.05) is 26.2 Å². The summed E-state index contributed by atoms with van der Waals surface area (Å²) in [7, 11) is 0. The Kier molecular flexibility index (Phi) is 3.91. The molecule has 0 bridgehead atoms. The van der Waals surface area contributed by atoms with Gasteiger partial charge in [0.1, 0.15) is 0 Å². The van der Waals surface area contributed by atoms with Crippen LogP contribution in [-0.2, 0) is 0 Å². The summed E-state index contributed by atoms with van der Waals surface area (Å²) in [5, 5.41) is 0. The topological polar surface area (TPSA) is 29.3 Å². The SMILES string of the molecule is NCCC1CN(C/C=C/Cl)C1. The summed E-state index contributed by atoms with van der Waals surface area (Å²) >= 11 is 5.40. The summed E-state index contributed by atoms with van der Waals surface area (Å²) in [5.74, 6) is 0.837. The lowest BCUT2D eigenvalue weighted by molar-refractivity contribution is 0.111. The number of nitrogens with two attached hydrogens (primary N) is 1. The second kappa shape index (κ2) is 4.75. The Bertz CT molecular complexity index is 130. The fourth-order valence-electron chi connectivity index (χ4n) is 1.43. The Hall–Kier alpha value is -0.0500. The summed E-state index contributed by atoms with van der Waals surface area (Å²) in [4.78, 5) is 2.36. The standard InChI is InChI=1S/C8H15ClN2/c9-3-1-5-11-6-8(7-11)2-4-10/h1,3,8H,2,4-7,10H2/b3-1+. The van der Waals surface area contributed by atoms with Crippen LogP contribution >= 0.6 is 11.6 Å². The molecule has 0 spiro atoms. The van der Waals surface area contributed by atoms with E-state index >= 15 is 0 Å². The lowest BCUT2D eigenvalue weighted by atomic mass is 9.97. The highest BCUT2D eigenvalue weighted by Gasteiger charge is 2.23. The summed E-state index contributed by atoms with van der Waals surface area (Å²) in [5.41, 5.74) is 7.01. The lowest BCUT2D eigenvalue weighted by Crippen LogP contribution is -2.47. The number of halogens is 1. The molecule has 0 atom stereocenters. The molecule has 11 heavy (non-hydrogen) atoms. The van der Waals surface area contributed by atoms with Crippen molar-refractivity contribution < 1.29 is 0 Å². The molecule has 2 N–H and O–H groups in total. The molecule has 1 heterocycles. The van der Waals surface area contributed by atoms with Crippen molar-refractivity contribution in [1.29, 1.82) is 0 Å². The van der Waals surface area contributed by atoms with Gasteiger partial charge in [-0.25, -0.2) is 0 Å². The van der Waals surface area contributed by atoms with Crippen LogP contribution in [0.15, 0.2) is 11.6 Å². The van der Waals surface area contributed by atoms with Crippen molar-refractivity contribution in [3.05, 3.63) is 11.6 Å². The van der Waals surface area contributed by atoms with E-state index in [0.717, 1.165) is 19.0 Å². The molecular weight excluding hydrogens is 160 g/mol. The van der Waals surface area contributed by atoms with Crippen molar-refractivity contribution in [2.45, 2.75) is 6.42 Å². The second-order valence-corrected chi connectivity index (χ2v) is 3.28. The molecule has 0 saturated carbocycles. The number of hydrogen-bond acceptors (Lipinski definition) is 2. The van der Waals surface area contributed by atoms with E-state index in [4.69, 9.17) is 17.3 Å². The zero-order valence-electron chi connectivity index (χ0n) is 6.67. The Morgan fingerprint density at radius 1 is 1.55 bits per heavy atom. The summed E-state index contributed by atoms with van der Waals surface area (Å²) < 4.78 is 0. The largest absolute Gasteiger partial charge is 0.330 e. The van der Waals surface area contributed by atoms with E-state index in [0.29, 0.717) is 0 Å². The van der Waals surface area contributed by atoms with E-state index in [-0.39, 0.29) is 0 Å². The maximum absolute atomic E-state index is 5.43. The second-order valence-electron chi connectivity index (χ2n) is 3.02. The first kappa shape index (κ1) is 9.04. The molecule has 1 aliphatic heterocycles. The van der Waals surface area contributed by atoms with Crippen LogP contribution in [0, 0.1) is 5.92 Å². The smallest absolute Gasteiger partial charge is 0.0175 e. The minimum Gasteiger partial charge on any atom is -0.330 e. The predicted molar refractivity (Wildman–Crippen MR) is 48.6 cm³/mol. The molecule has 2 nitrogen and oxygen atoms in total. The van der Waals surface area contributed by atoms with E-state index in [2.05, 4.69) is 4.90 Å². The molecule has 1 fully saturated rings. The fraction of sp³-hybridized carbons (Fsp3) is 0.750. The van der Waals surface area contributed by atoms with Gasteiger partial charge in [0.05, 0.1) is 0 Å². The Morgan fingerprint density at radius 2 is 2.27 bits per heavy atom. The van der Waals surface area contributed by atoms with E-state index in [1.54, 1.807) is 5.54 Å². The molecule has 0 aromatic heterocycles. The Balaban J connectivity index is 2.00. The number of nitrogens with zero attached hydrogens (tertiary/aromatic N) is 1. The zero-order chi connectivity index (χ0) is 8.10. The molecular formula is C8H15ClN2. The molecule has 64 valence electrons. The minimum absolute atomic E-state index is 0.823. The van der Waals surface area contributed by atoms with Gasteiger partial charge in [0.15, 0.2) is 0 Å². The van der Waals surface area contributed by atoms with Crippen LogP contribution in [0.5, 0.6) is 0 Å². The van der Waals surface area contributed by atoms with Gasteiger partial charge in [0, 0.05) is 25.2 Å². The summed E-state index contributed by atoms with van der Waals surface area (Å²) in [6, 6.07) is 0. The van der Waals surface area contributed by atoms with Gasteiger partial charge in [-0.2, -0.15) is 0 Å². The van der Waals surface area contributed by atoms with E-state index in [1.165, 1.54) is 19.5 Å². The third-order valence-corrected chi connectivity index (χ3v) is 2.24. The first-order chi connectivity index (χ1) is 5.36. The fourth-order valence-corrected chi connectivity index (χ4v) is 1.51. The molecule has 1 rings (SSSR count). The molecule has 1 aliphatic rings. The van der Waals surface area contributed by atoms with Crippen LogP contribution in [0.1, 0.15) is 6.42 Å². The molecule has 0 aromatic rings. The molecule has 0 aromatic carbocycles. The van der Waals surface area contributed by atoms with Gasteiger partial charge in [0.2, 0.25) is 0 Å². The maximum atomic E-state index is 5.43. The molecule has 0 unspecified atom stereocenters. The van der Waals surface area contributed by atoms with Gasteiger partial charge < -0.3 is 5.73 Å². The monoisotopic (exact) mass is 174 g/mol. The summed E-state index contributed by atoms with van der Waals surface area (Å²) in [6.45, 7) is 4.20. The highest BCUT2D eigenvalue weighted by molar-refractivity contribution is 6.25. The quantitative estimate of drug-likeness (QED) is 0.690. The number of rotatable bonds is 4. The van der Waals surface area contributed by atoms with Crippen LogP contribution in [0.2, 0.25) is 0 Å². The Labute approximate surface area is 73.0 Å². The highest BCUT2D eigenvalue weighted by Crippen LogP contribution is 2.17. The van der Waals surface area contributed by atoms with Gasteiger partial charge in [-0.05, 0) is 18.9 Å². The van der Waals surface area contributed by atoms with Crippen molar-refractivity contribution in [3.8, 4) is 0 Å². The van der Waals surface area contributed by atoms with Gasteiger partial charge in [0.25, 0.3) is 0 Å². The minimum atomic E-state index is 0.823. The van der Waals surface area contributed by atoms with Crippen molar-refractivity contribution >= 4 is 11.6 Å². The summed E-state index contributed by atoms with van der Waals surface area (Å²) in [6.07, 6.45) is 3.14. The Morgan fingerprint density at radius 3 is 2.82 bits per heavy atom. The average molecular weight is 175 g/mol. The third-order valence-electron chi connectivity index (χ3n) is 2.06. The van der Waals surface area contributed by atoms with Crippen molar-refractivity contribution in [3.63, 3.8) is 0 Å². The predicted octanol–water partition coefficient (Wildman–Crippen LogP) is 1.02. The van der Waals surface area contributed by atoms with E-state index < -0.39 is 0 Å². The van der Waals surface area contributed by atoms with Gasteiger partial charge in [-0.15, -0.1) is 0 Å². The molecule has 3 heteroatoms. The van der Waals surface area contributed by atoms with Crippen molar-refractivity contribution in [2.24, 2.45) is 11.7 Å². The van der Waals surface area contributed by atoms with Gasteiger partial charge >= 0.3 is 0 Å². The normalized spacial score (nSPS) is 20.9. The van der Waals surface area contributed by atoms with Crippen LogP contribution in [0.25, 0.3) is 0 Å². The van der Waals surface area contributed by atoms with Crippen LogP contribution < -0.4 is 5.73 Å². The first-order valence-corrected chi connectivity index (χ1v) is 4.48. The molecule has 0 aliphatic carbocycles. The van der Waals surface area contributed by atoms with Gasteiger partial charge in [-0.1, -0.05) is 17.7 Å². The van der Waals surface area contributed by atoms with E-state index in [9.17, 15) is 0 Å². The van der Waals surface area contributed by atoms with Crippen LogP contribution in [0.3, 0.4) is 0 Å². The molecule has 1 saturated heterocycles.